The molecule has 1 amide bonds. The monoisotopic (exact) mass is 506 g/mol. The van der Waals surface area contributed by atoms with Gasteiger partial charge in [-0.15, -0.1) is 11.3 Å². The molecule has 4 rings (SSSR count). The van der Waals surface area contributed by atoms with E-state index < -0.39 is 0 Å². The molecule has 3 aromatic rings. The molecule has 190 valence electrons. The first-order valence-corrected chi connectivity index (χ1v) is 13.3. The van der Waals surface area contributed by atoms with Crippen LogP contribution in [0.3, 0.4) is 0 Å². The second kappa shape index (κ2) is 11.7. The molecular weight excluding hydrogens is 472 g/mol. The number of esters is 1. The van der Waals surface area contributed by atoms with Crippen LogP contribution in [0.1, 0.15) is 57.7 Å². The maximum absolute atomic E-state index is 13.1. The Balaban J connectivity index is 1.69. The van der Waals surface area contributed by atoms with Crippen LogP contribution in [0, 0.1) is 19.8 Å². The predicted molar refractivity (Wildman–Crippen MR) is 144 cm³/mol. The number of carbonyl (C=O) groups is 2. The van der Waals surface area contributed by atoms with Crippen LogP contribution in [0.25, 0.3) is 0 Å². The summed E-state index contributed by atoms with van der Waals surface area (Å²) in [6, 6.07) is 17.4. The van der Waals surface area contributed by atoms with E-state index >= 15 is 0 Å². The van der Waals surface area contributed by atoms with Crippen molar-refractivity contribution in [2.24, 2.45) is 5.92 Å². The number of nitrogens with zero attached hydrogens (tertiary/aromatic N) is 1. The van der Waals surface area contributed by atoms with Gasteiger partial charge >= 0.3 is 5.97 Å². The summed E-state index contributed by atoms with van der Waals surface area (Å²) in [6.45, 7) is 8.01. The zero-order valence-electron chi connectivity index (χ0n) is 21.4. The lowest BCUT2D eigenvalue weighted by molar-refractivity contribution is -0.149. The van der Waals surface area contributed by atoms with Gasteiger partial charge in [0.15, 0.2) is 0 Å². The second-order valence-corrected chi connectivity index (χ2v) is 10.3. The molecular formula is C29H34N2O4S. The third-order valence-corrected chi connectivity index (χ3v) is 8.05. The van der Waals surface area contributed by atoms with Gasteiger partial charge in [-0.3, -0.25) is 14.5 Å². The van der Waals surface area contributed by atoms with Crippen molar-refractivity contribution in [3.63, 3.8) is 0 Å². The minimum Gasteiger partial charge on any atom is -0.497 e. The molecule has 1 aliphatic heterocycles. The fourth-order valence-corrected chi connectivity index (χ4v) is 5.92. The Morgan fingerprint density at radius 3 is 2.33 bits per heavy atom. The maximum Gasteiger partial charge on any atom is 0.309 e. The number of hydrogen-bond acceptors (Lipinski definition) is 6. The largest absolute Gasteiger partial charge is 0.497 e. The van der Waals surface area contributed by atoms with Gasteiger partial charge in [-0.25, -0.2) is 0 Å². The van der Waals surface area contributed by atoms with Crippen molar-refractivity contribution in [2.45, 2.75) is 39.7 Å². The Labute approximate surface area is 217 Å². The molecule has 0 unspecified atom stereocenters. The molecule has 7 heteroatoms. The topological polar surface area (TPSA) is 67.9 Å². The fourth-order valence-electron chi connectivity index (χ4n) is 4.83. The van der Waals surface area contributed by atoms with E-state index in [-0.39, 0.29) is 23.8 Å². The normalized spacial score (nSPS) is 15.3. The number of benzene rings is 2. The van der Waals surface area contributed by atoms with E-state index in [0.29, 0.717) is 12.2 Å². The van der Waals surface area contributed by atoms with Crippen LogP contribution < -0.4 is 10.1 Å². The average Bonchev–Trinajstić information content (AvgIpc) is 3.18. The Kier molecular flexibility index (Phi) is 8.44. The summed E-state index contributed by atoms with van der Waals surface area (Å²) in [5.41, 5.74) is 4.04. The number of methoxy groups -OCH3 is 1. The van der Waals surface area contributed by atoms with Crippen LogP contribution in [0.2, 0.25) is 0 Å². The summed E-state index contributed by atoms with van der Waals surface area (Å²) in [5, 5.41) is 4.07. The number of ether oxygens (including phenoxy) is 2. The third-order valence-electron chi connectivity index (χ3n) is 6.91. The number of carbonyl (C=O) groups excluding carboxylic acids is 2. The predicted octanol–water partition coefficient (Wildman–Crippen LogP) is 5.99. The molecule has 0 radical (unpaired) electrons. The number of nitrogens with one attached hydrogen (secondary N) is 1. The fraction of sp³-hybridized carbons (Fsp3) is 0.379. The van der Waals surface area contributed by atoms with Crippen molar-refractivity contribution in [1.29, 1.82) is 0 Å². The molecule has 2 heterocycles. The first kappa shape index (κ1) is 25.9. The van der Waals surface area contributed by atoms with Gasteiger partial charge in [0.25, 0.3) is 5.91 Å². The molecule has 6 nitrogen and oxygen atoms in total. The molecule has 0 aliphatic carbocycles. The van der Waals surface area contributed by atoms with E-state index in [2.05, 4.69) is 36.2 Å². The Morgan fingerprint density at radius 1 is 1.06 bits per heavy atom. The molecule has 1 atom stereocenters. The van der Waals surface area contributed by atoms with Gasteiger partial charge in [-0.1, -0.05) is 30.3 Å². The van der Waals surface area contributed by atoms with Crippen LogP contribution in [0.4, 0.5) is 5.00 Å². The van der Waals surface area contributed by atoms with E-state index in [4.69, 9.17) is 9.47 Å². The molecule has 0 bridgehead atoms. The number of piperidine rings is 1. The van der Waals surface area contributed by atoms with Crippen molar-refractivity contribution in [3.8, 4) is 5.75 Å². The van der Waals surface area contributed by atoms with E-state index in [1.54, 1.807) is 18.4 Å². The van der Waals surface area contributed by atoms with Crippen LogP contribution in [0.15, 0.2) is 54.6 Å². The third kappa shape index (κ3) is 5.63. The highest BCUT2D eigenvalue weighted by atomic mass is 32.1. The Bertz CT molecular complexity index is 1180. The standard InChI is InChI=1S/C29H34N2O4S/c1-5-35-29(33)23-15-17-31(18-16-23)26(21-11-13-24(34-4)14-12-21)25-19(2)20(3)36-28(25)30-27(32)22-9-7-6-8-10-22/h6-14,23,26H,5,15-18H2,1-4H3,(H,30,32)/t26-/m1/s1. The van der Waals surface area contributed by atoms with Crippen LogP contribution in [-0.2, 0) is 9.53 Å². The first-order valence-electron chi connectivity index (χ1n) is 12.4. The number of rotatable bonds is 8. The number of hydrogen-bond donors (Lipinski definition) is 1. The van der Waals surface area contributed by atoms with Gasteiger partial charge in [0.2, 0.25) is 0 Å². The van der Waals surface area contributed by atoms with Gasteiger partial charge in [0.05, 0.1) is 25.7 Å². The molecule has 1 aliphatic rings. The molecule has 0 spiro atoms. The van der Waals surface area contributed by atoms with Gasteiger partial charge < -0.3 is 14.8 Å². The number of anilines is 1. The first-order chi connectivity index (χ1) is 17.4. The summed E-state index contributed by atoms with van der Waals surface area (Å²) >= 11 is 1.61. The van der Waals surface area contributed by atoms with Crippen molar-refractivity contribution in [3.05, 3.63) is 81.7 Å². The number of aryl methyl sites for hydroxylation is 1. The van der Waals surface area contributed by atoms with Gasteiger partial charge in [-0.2, -0.15) is 0 Å². The van der Waals surface area contributed by atoms with Crippen LogP contribution in [-0.4, -0.2) is 43.6 Å². The van der Waals surface area contributed by atoms with Gasteiger partial charge in [-0.05, 0) is 82.1 Å². The smallest absolute Gasteiger partial charge is 0.309 e. The molecule has 1 N–H and O–H groups in total. The highest BCUT2D eigenvalue weighted by molar-refractivity contribution is 7.16. The maximum atomic E-state index is 13.1. The zero-order valence-corrected chi connectivity index (χ0v) is 22.2. The highest BCUT2D eigenvalue weighted by Gasteiger charge is 2.34. The Hall–Kier alpha value is -3.16. The van der Waals surface area contributed by atoms with E-state index in [0.717, 1.165) is 47.8 Å². The van der Waals surface area contributed by atoms with Crippen molar-refractivity contribution in [2.75, 3.05) is 32.1 Å². The van der Waals surface area contributed by atoms with Crippen LogP contribution in [0.5, 0.6) is 5.75 Å². The lowest BCUT2D eigenvalue weighted by Gasteiger charge is -2.38. The molecule has 36 heavy (non-hydrogen) atoms. The average molecular weight is 507 g/mol. The molecule has 1 saturated heterocycles. The SMILES string of the molecule is CCOC(=O)C1CCN([C@H](c2ccc(OC)cc2)c2c(NC(=O)c3ccccc3)sc(C)c2C)CC1. The summed E-state index contributed by atoms with van der Waals surface area (Å²) in [6.07, 6.45) is 1.50. The van der Waals surface area contributed by atoms with E-state index in [9.17, 15) is 9.59 Å². The molecule has 1 aromatic heterocycles. The van der Waals surface area contributed by atoms with E-state index in [1.807, 2.05) is 49.4 Å². The quantitative estimate of drug-likeness (QED) is 0.380. The van der Waals surface area contributed by atoms with Crippen molar-refractivity contribution in [1.82, 2.24) is 4.90 Å². The van der Waals surface area contributed by atoms with Crippen molar-refractivity contribution >= 4 is 28.2 Å². The minimum absolute atomic E-state index is 0.0601. The lowest BCUT2D eigenvalue weighted by atomic mass is 9.90. The highest BCUT2D eigenvalue weighted by Crippen LogP contribution is 2.43. The molecule has 2 aromatic carbocycles. The summed E-state index contributed by atoms with van der Waals surface area (Å²) in [5.74, 6) is 0.513. The number of amides is 1. The van der Waals surface area contributed by atoms with Crippen LogP contribution >= 0.6 is 11.3 Å². The summed E-state index contributed by atoms with van der Waals surface area (Å²) < 4.78 is 10.7. The molecule has 1 fully saturated rings. The van der Waals surface area contributed by atoms with E-state index in [1.165, 1.54) is 10.4 Å². The second-order valence-electron chi connectivity index (χ2n) is 9.08. The molecule has 0 saturated carbocycles. The van der Waals surface area contributed by atoms with Crippen molar-refractivity contribution < 1.29 is 19.1 Å². The number of likely N-dealkylation sites (tertiary alicyclic amines) is 1. The summed E-state index contributed by atoms with van der Waals surface area (Å²) in [4.78, 5) is 29.0. The summed E-state index contributed by atoms with van der Waals surface area (Å²) in [7, 11) is 1.66. The van der Waals surface area contributed by atoms with Gasteiger partial charge in [0, 0.05) is 16.0 Å². The minimum atomic E-state index is -0.118. The van der Waals surface area contributed by atoms with Gasteiger partial charge in [0.1, 0.15) is 10.8 Å². The number of thiophene rings is 1. The lowest BCUT2D eigenvalue weighted by Crippen LogP contribution is -2.40. The zero-order chi connectivity index (χ0) is 25.7. The Morgan fingerprint density at radius 2 is 1.72 bits per heavy atom.